The van der Waals surface area contributed by atoms with Crippen molar-refractivity contribution < 1.29 is 31.5 Å². The summed E-state index contributed by atoms with van der Waals surface area (Å²) in [5, 5.41) is 11.5. The van der Waals surface area contributed by atoms with Crippen molar-refractivity contribution in [2.75, 3.05) is 5.32 Å². The molecule has 2 aromatic carbocycles. The minimum Gasteiger partial charge on any atom is -0.393 e. The number of anilines is 1. The number of carbonyl (C=O) groups is 1. The summed E-state index contributed by atoms with van der Waals surface area (Å²) in [6, 6.07) is 4.93. The Labute approximate surface area is 182 Å². The molecule has 5 nitrogen and oxygen atoms in total. The van der Waals surface area contributed by atoms with Crippen LogP contribution < -0.4 is 5.32 Å². The zero-order chi connectivity index (χ0) is 22.5. The number of hydrogen-bond acceptors (Lipinski definition) is 4. The van der Waals surface area contributed by atoms with E-state index in [4.69, 9.17) is 11.6 Å². The van der Waals surface area contributed by atoms with Gasteiger partial charge in [0.05, 0.1) is 21.3 Å². The molecule has 4 rings (SSSR count). The lowest BCUT2D eigenvalue weighted by Gasteiger charge is -2.32. The minimum absolute atomic E-state index is 0.0408. The van der Waals surface area contributed by atoms with Crippen molar-refractivity contribution in [3.05, 3.63) is 58.4 Å². The molecule has 2 atom stereocenters. The second-order valence-electron chi connectivity index (χ2n) is 8.09. The van der Waals surface area contributed by atoms with Gasteiger partial charge in [0.1, 0.15) is 0 Å². The van der Waals surface area contributed by atoms with Gasteiger partial charge in [-0.05, 0) is 55.7 Å². The van der Waals surface area contributed by atoms with Crippen LogP contribution in [0.2, 0.25) is 5.02 Å². The molecule has 166 valence electrons. The summed E-state index contributed by atoms with van der Waals surface area (Å²) in [5.74, 6) is -5.80. The zero-order valence-electron chi connectivity index (χ0n) is 16.1. The fourth-order valence-corrected chi connectivity index (χ4v) is 7.66. The molecule has 0 heterocycles. The maximum atomic E-state index is 13.4. The first-order valence-corrected chi connectivity index (χ1v) is 11.7. The van der Waals surface area contributed by atoms with Gasteiger partial charge in [-0.15, -0.1) is 0 Å². The maximum absolute atomic E-state index is 13.4. The number of sulfone groups is 1. The Bertz CT molecular complexity index is 1120. The third-order valence-corrected chi connectivity index (χ3v) is 8.97. The minimum atomic E-state index is -3.89. The number of benzene rings is 2. The highest BCUT2D eigenvalue weighted by atomic mass is 35.5. The van der Waals surface area contributed by atoms with Crippen LogP contribution in [0.25, 0.3) is 0 Å². The van der Waals surface area contributed by atoms with E-state index in [-0.39, 0.29) is 33.0 Å². The maximum Gasteiger partial charge on any atom is 0.255 e. The highest BCUT2D eigenvalue weighted by molar-refractivity contribution is 7.92. The van der Waals surface area contributed by atoms with Gasteiger partial charge in [0.25, 0.3) is 5.91 Å². The van der Waals surface area contributed by atoms with Crippen LogP contribution in [0.4, 0.5) is 18.9 Å². The molecule has 31 heavy (non-hydrogen) atoms. The summed E-state index contributed by atoms with van der Waals surface area (Å²) < 4.78 is 66.7. The van der Waals surface area contributed by atoms with Crippen molar-refractivity contribution in [3.8, 4) is 0 Å². The van der Waals surface area contributed by atoms with E-state index in [9.17, 15) is 31.5 Å². The van der Waals surface area contributed by atoms with Crippen LogP contribution in [0.3, 0.4) is 0 Å². The number of halogens is 4. The first-order valence-electron chi connectivity index (χ1n) is 9.75. The molecule has 2 fully saturated rings. The Balaban J connectivity index is 1.64. The summed E-state index contributed by atoms with van der Waals surface area (Å²) in [4.78, 5) is 12.4. The number of fused-ring (bicyclic) bond motifs is 2. The summed E-state index contributed by atoms with van der Waals surface area (Å²) in [6.45, 7) is 0. The molecule has 0 saturated heterocycles. The summed E-state index contributed by atoms with van der Waals surface area (Å²) >= 11 is 6.17. The van der Waals surface area contributed by atoms with Gasteiger partial charge < -0.3 is 10.4 Å². The Kier molecular flexibility index (Phi) is 5.78. The molecule has 0 spiro atoms. The predicted molar refractivity (Wildman–Crippen MR) is 108 cm³/mol. The van der Waals surface area contributed by atoms with Crippen LogP contribution in [-0.2, 0) is 9.84 Å². The Morgan fingerprint density at radius 3 is 2.19 bits per heavy atom. The number of nitrogens with one attached hydrogen (secondary N) is 1. The van der Waals surface area contributed by atoms with Crippen molar-refractivity contribution >= 4 is 33.0 Å². The van der Waals surface area contributed by atoms with E-state index in [2.05, 4.69) is 5.32 Å². The number of aliphatic hydroxyl groups is 1. The van der Waals surface area contributed by atoms with Crippen LogP contribution in [0.15, 0.2) is 35.2 Å². The smallest absolute Gasteiger partial charge is 0.255 e. The van der Waals surface area contributed by atoms with Gasteiger partial charge in [-0.25, -0.2) is 21.6 Å². The summed E-state index contributed by atoms with van der Waals surface area (Å²) in [7, 11) is -3.89. The highest BCUT2D eigenvalue weighted by Crippen LogP contribution is 2.48. The lowest BCUT2D eigenvalue weighted by Crippen LogP contribution is -2.39. The standard InChI is InChI=1S/C21H19ClF3NO4S/c22-15-4-3-12(21(28)26-13-8-16(23)19(25)17(24)9-13)7-18(15)31(29,30)20-10-1-2-11(20)6-14(27)5-10/h3-4,7-11,14,20,27H,1-2,5-6H2,(H,26,28)/t10?,11?,14-,20+. The molecule has 2 unspecified atom stereocenters. The highest BCUT2D eigenvalue weighted by Gasteiger charge is 2.49. The van der Waals surface area contributed by atoms with Crippen LogP contribution in [0.1, 0.15) is 36.0 Å². The molecule has 0 radical (unpaired) electrons. The lowest BCUT2D eigenvalue weighted by atomic mass is 9.86. The van der Waals surface area contributed by atoms with Crippen molar-refractivity contribution in [1.82, 2.24) is 0 Å². The van der Waals surface area contributed by atoms with E-state index < -0.39 is 44.5 Å². The van der Waals surface area contributed by atoms with E-state index in [1.54, 1.807) is 0 Å². The molecule has 2 saturated carbocycles. The second-order valence-corrected chi connectivity index (χ2v) is 10.6. The SMILES string of the molecule is O=C(Nc1cc(F)c(F)c(F)c1)c1ccc(Cl)c(S(=O)(=O)[C@H]2C3CCC2C[C@H](O)C3)c1. The molecule has 1 amide bonds. The van der Waals surface area contributed by atoms with Gasteiger partial charge >= 0.3 is 0 Å². The Morgan fingerprint density at radius 2 is 1.61 bits per heavy atom. The van der Waals surface area contributed by atoms with Crippen LogP contribution >= 0.6 is 11.6 Å². The largest absolute Gasteiger partial charge is 0.393 e. The van der Waals surface area contributed by atoms with Crippen LogP contribution in [0, 0.1) is 29.3 Å². The number of aliphatic hydroxyl groups excluding tert-OH is 1. The van der Waals surface area contributed by atoms with Crippen molar-refractivity contribution in [3.63, 3.8) is 0 Å². The van der Waals surface area contributed by atoms with Crippen molar-refractivity contribution in [2.45, 2.75) is 41.9 Å². The second kappa shape index (κ2) is 8.11. The quantitative estimate of drug-likeness (QED) is 0.647. The fraction of sp³-hybridized carbons (Fsp3) is 0.381. The van der Waals surface area contributed by atoms with E-state index in [0.717, 1.165) is 6.07 Å². The predicted octanol–water partition coefficient (Wildman–Crippen LogP) is 4.33. The Morgan fingerprint density at radius 1 is 1.03 bits per heavy atom. The molecular formula is C21H19ClF3NO4S. The summed E-state index contributed by atoms with van der Waals surface area (Å²) in [5.41, 5.74) is -0.406. The van der Waals surface area contributed by atoms with Crippen molar-refractivity contribution in [2.24, 2.45) is 11.8 Å². The van der Waals surface area contributed by atoms with Gasteiger partial charge in [-0.3, -0.25) is 4.79 Å². The molecule has 2 aromatic rings. The van der Waals surface area contributed by atoms with Crippen molar-refractivity contribution in [1.29, 1.82) is 0 Å². The van der Waals surface area contributed by atoms with E-state index in [0.29, 0.717) is 37.8 Å². The molecule has 0 aliphatic heterocycles. The van der Waals surface area contributed by atoms with E-state index >= 15 is 0 Å². The Hall–Kier alpha value is -2.10. The number of amides is 1. The van der Waals surface area contributed by atoms with Gasteiger partial charge in [-0.1, -0.05) is 11.6 Å². The first-order chi connectivity index (χ1) is 14.6. The normalized spacial score (nSPS) is 25.5. The molecule has 2 aliphatic rings. The lowest BCUT2D eigenvalue weighted by molar-refractivity contribution is 0.0981. The van der Waals surface area contributed by atoms with E-state index in [1.807, 2.05) is 0 Å². The van der Waals surface area contributed by atoms with Crippen LogP contribution in [0.5, 0.6) is 0 Å². The number of hydrogen-bond donors (Lipinski definition) is 2. The average molecular weight is 474 g/mol. The van der Waals surface area contributed by atoms with Gasteiger partial charge in [-0.2, -0.15) is 0 Å². The number of rotatable bonds is 4. The molecule has 10 heteroatoms. The monoisotopic (exact) mass is 473 g/mol. The molecular weight excluding hydrogens is 455 g/mol. The first kappa shape index (κ1) is 22.1. The molecule has 2 bridgehead atoms. The summed E-state index contributed by atoms with van der Waals surface area (Å²) in [6.07, 6.45) is 1.68. The average Bonchev–Trinajstić information content (AvgIpc) is 2.99. The van der Waals surface area contributed by atoms with Gasteiger partial charge in [0.2, 0.25) is 0 Å². The van der Waals surface area contributed by atoms with E-state index in [1.165, 1.54) is 12.1 Å². The molecule has 0 aromatic heterocycles. The van der Waals surface area contributed by atoms with Crippen LogP contribution in [-0.4, -0.2) is 30.8 Å². The topological polar surface area (TPSA) is 83.5 Å². The third-order valence-electron chi connectivity index (χ3n) is 6.09. The fourth-order valence-electron chi connectivity index (χ4n) is 4.79. The molecule has 2 N–H and O–H groups in total. The zero-order valence-corrected chi connectivity index (χ0v) is 17.7. The number of carbonyl (C=O) groups excluding carboxylic acids is 1. The van der Waals surface area contributed by atoms with Gasteiger partial charge in [0.15, 0.2) is 27.3 Å². The van der Waals surface area contributed by atoms with Gasteiger partial charge in [0, 0.05) is 23.4 Å². The third kappa shape index (κ3) is 4.06. The molecule has 2 aliphatic carbocycles.